The number of carbonyl (C=O) groups is 1. The van der Waals surface area contributed by atoms with Crippen molar-refractivity contribution in [3.63, 3.8) is 0 Å². The molecule has 0 aliphatic carbocycles. The van der Waals surface area contributed by atoms with Crippen molar-refractivity contribution in [3.05, 3.63) is 84.4 Å². The van der Waals surface area contributed by atoms with Crippen molar-refractivity contribution in [2.45, 2.75) is 45.6 Å². The summed E-state index contributed by atoms with van der Waals surface area (Å²) in [5, 5.41) is 2.95. The Balaban J connectivity index is 1.70. The SMILES string of the molecule is CC[C@@H](Oc1ccc(C(C)(C)C)cc1)C(=O)Nc1ccccc1Oc1ccccc1. The number of ether oxygens (including phenoxy) is 2. The van der Waals surface area contributed by atoms with Crippen LogP contribution in [0.5, 0.6) is 17.2 Å². The highest BCUT2D eigenvalue weighted by molar-refractivity contribution is 5.95. The third kappa shape index (κ3) is 5.63. The lowest BCUT2D eigenvalue weighted by molar-refractivity contribution is -0.122. The van der Waals surface area contributed by atoms with Crippen molar-refractivity contribution in [1.29, 1.82) is 0 Å². The Morgan fingerprint density at radius 2 is 1.50 bits per heavy atom. The van der Waals surface area contributed by atoms with Gasteiger partial charge in [0.2, 0.25) is 0 Å². The van der Waals surface area contributed by atoms with Crippen LogP contribution >= 0.6 is 0 Å². The zero-order valence-electron chi connectivity index (χ0n) is 18.0. The summed E-state index contributed by atoms with van der Waals surface area (Å²) in [6.45, 7) is 8.43. The van der Waals surface area contributed by atoms with Crippen molar-refractivity contribution in [2.24, 2.45) is 0 Å². The molecule has 30 heavy (non-hydrogen) atoms. The Bertz CT molecular complexity index is 960. The summed E-state index contributed by atoms with van der Waals surface area (Å²) in [5.41, 5.74) is 1.90. The first kappa shape index (κ1) is 21.4. The molecule has 1 amide bonds. The van der Waals surface area contributed by atoms with Crippen LogP contribution in [0.25, 0.3) is 0 Å². The number of amides is 1. The monoisotopic (exact) mass is 403 g/mol. The Morgan fingerprint density at radius 3 is 2.13 bits per heavy atom. The van der Waals surface area contributed by atoms with Crippen LogP contribution in [0, 0.1) is 0 Å². The average molecular weight is 404 g/mol. The van der Waals surface area contributed by atoms with Crippen molar-refractivity contribution in [3.8, 4) is 17.2 Å². The Kier molecular flexibility index (Phi) is 6.78. The molecule has 3 aromatic rings. The largest absolute Gasteiger partial charge is 0.481 e. The van der Waals surface area contributed by atoms with Gasteiger partial charge in [-0.2, -0.15) is 0 Å². The van der Waals surface area contributed by atoms with Crippen LogP contribution in [0.15, 0.2) is 78.9 Å². The topological polar surface area (TPSA) is 47.6 Å². The molecule has 1 atom stereocenters. The summed E-state index contributed by atoms with van der Waals surface area (Å²) in [4.78, 5) is 12.9. The molecule has 0 aliphatic heterocycles. The van der Waals surface area contributed by atoms with Gasteiger partial charge in [0.25, 0.3) is 5.91 Å². The molecule has 0 aromatic heterocycles. The molecule has 0 radical (unpaired) electrons. The summed E-state index contributed by atoms with van der Waals surface area (Å²) >= 11 is 0. The third-order valence-corrected chi connectivity index (χ3v) is 4.78. The van der Waals surface area contributed by atoms with E-state index in [2.05, 4.69) is 26.1 Å². The lowest BCUT2D eigenvalue weighted by Crippen LogP contribution is -2.32. The maximum Gasteiger partial charge on any atom is 0.265 e. The lowest BCUT2D eigenvalue weighted by atomic mass is 9.87. The minimum absolute atomic E-state index is 0.0720. The van der Waals surface area contributed by atoms with Gasteiger partial charge in [-0.1, -0.05) is 70.2 Å². The van der Waals surface area contributed by atoms with Gasteiger partial charge in [0, 0.05) is 0 Å². The molecule has 0 spiro atoms. The first-order valence-electron chi connectivity index (χ1n) is 10.3. The lowest BCUT2D eigenvalue weighted by Gasteiger charge is -2.21. The molecule has 3 rings (SSSR count). The minimum atomic E-state index is -0.602. The van der Waals surface area contributed by atoms with Gasteiger partial charge in [-0.3, -0.25) is 4.79 Å². The molecule has 156 valence electrons. The first-order valence-corrected chi connectivity index (χ1v) is 10.3. The highest BCUT2D eigenvalue weighted by atomic mass is 16.5. The molecule has 0 aliphatic rings. The number of carbonyl (C=O) groups excluding carboxylic acids is 1. The van der Waals surface area contributed by atoms with Crippen LogP contribution < -0.4 is 14.8 Å². The fourth-order valence-corrected chi connectivity index (χ4v) is 3.01. The molecule has 4 heteroatoms. The smallest absolute Gasteiger partial charge is 0.265 e. The third-order valence-electron chi connectivity index (χ3n) is 4.78. The second kappa shape index (κ2) is 9.49. The molecule has 0 saturated heterocycles. The van der Waals surface area contributed by atoms with E-state index in [0.29, 0.717) is 29.4 Å². The molecule has 1 N–H and O–H groups in total. The van der Waals surface area contributed by atoms with E-state index in [1.165, 1.54) is 5.56 Å². The molecule has 3 aromatic carbocycles. The van der Waals surface area contributed by atoms with E-state index >= 15 is 0 Å². The summed E-state index contributed by atoms with van der Waals surface area (Å²) in [6.07, 6.45) is -0.0514. The maximum atomic E-state index is 12.9. The van der Waals surface area contributed by atoms with Crippen LogP contribution in [0.2, 0.25) is 0 Å². The Hall–Kier alpha value is -3.27. The fourth-order valence-electron chi connectivity index (χ4n) is 3.01. The summed E-state index contributed by atoms with van der Waals surface area (Å²) in [6, 6.07) is 24.8. The Morgan fingerprint density at radius 1 is 0.867 bits per heavy atom. The quantitative estimate of drug-likeness (QED) is 0.485. The Labute approximate surface area is 178 Å². The fraction of sp³-hybridized carbons (Fsp3) is 0.269. The number of anilines is 1. The van der Waals surface area contributed by atoms with E-state index in [1.807, 2.05) is 85.8 Å². The maximum absolute atomic E-state index is 12.9. The molecular weight excluding hydrogens is 374 g/mol. The average Bonchev–Trinajstić information content (AvgIpc) is 2.74. The van der Waals surface area contributed by atoms with E-state index in [0.717, 1.165) is 0 Å². The zero-order chi connectivity index (χ0) is 21.6. The standard InChI is InChI=1S/C26H29NO3/c1-5-23(29-21-17-15-19(16-18-21)26(2,3)4)25(28)27-22-13-9-10-14-24(22)30-20-11-7-6-8-12-20/h6-18,23H,5H2,1-4H3,(H,27,28)/t23-/m1/s1. The summed E-state index contributed by atoms with van der Waals surface area (Å²) in [7, 11) is 0. The molecule has 0 saturated carbocycles. The van der Waals surface area contributed by atoms with Gasteiger partial charge >= 0.3 is 0 Å². The van der Waals surface area contributed by atoms with Crippen molar-refractivity contribution in [1.82, 2.24) is 0 Å². The van der Waals surface area contributed by atoms with E-state index in [-0.39, 0.29) is 11.3 Å². The summed E-state index contributed by atoms with van der Waals surface area (Å²) < 4.78 is 11.9. The number of hydrogen-bond donors (Lipinski definition) is 1. The molecule has 0 bridgehead atoms. The van der Waals surface area contributed by atoms with Crippen LogP contribution in [-0.4, -0.2) is 12.0 Å². The van der Waals surface area contributed by atoms with Gasteiger partial charge in [-0.05, 0) is 53.8 Å². The van der Waals surface area contributed by atoms with E-state index < -0.39 is 6.10 Å². The first-order chi connectivity index (χ1) is 14.4. The second-order valence-corrected chi connectivity index (χ2v) is 8.19. The highest BCUT2D eigenvalue weighted by Crippen LogP contribution is 2.30. The number of para-hydroxylation sites is 3. The molecule has 4 nitrogen and oxygen atoms in total. The van der Waals surface area contributed by atoms with Crippen molar-refractivity contribution in [2.75, 3.05) is 5.32 Å². The number of hydrogen-bond acceptors (Lipinski definition) is 3. The normalized spacial score (nSPS) is 12.1. The van der Waals surface area contributed by atoms with Gasteiger partial charge in [0.1, 0.15) is 11.5 Å². The minimum Gasteiger partial charge on any atom is -0.481 e. The van der Waals surface area contributed by atoms with Gasteiger partial charge in [0.05, 0.1) is 5.69 Å². The van der Waals surface area contributed by atoms with Gasteiger partial charge in [-0.15, -0.1) is 0 Å². The molecule has 0 heterocycles. The van der Waals surface area contributed by atoms with Crippen LogP contribution in [-0.2, 0) is 10.2 Å². The molecule has 0 fully saturated rings. The van der Waals surface area contributed by atoms with E-state index in [4.69, 9.17) is 9.47 Å². The van der Waals surface area contributed by atoms with Gasteiger partial charge < -0.3 is 14.8 Å². The van der Waals surface area contributed by atoms with Crippen LogP contribution in [0.1, 0.15) is 39.7 Å². The van der Waals surface area contributed by atoms with Gasteiger partial charge in [-0.25, -0.2) is 0 Å². The molecular formula is C26H29NO3. The van der Waals surface area contributed by atoms with Gasteiger partial charge in [0.15, 0.2) is 11.9 Å². The molecule has 0 unspecified atom stereocenters. The van der Waals surface area contributed by atoms with E-state index in [1.54, 1.807) is 0 Å². The van der Waals surface area contributed by atoms with Crippen LogP contribution in [0.4, 0.5) is 5.69 Å². The number of benzene rings is 3. The van der Waals surface area contributed by atoms with Crippen LogP contribution in [0.3, 0.4) is 0 Å². The van der Waals surface area contributed by atoms with E-state index in [9.17, 15) is 4.79 Å². The predicted molar refractivity (Wildman–Crippen MR) is 121 cm³/mol. The zero-order valence-corrected chi connectivity index (χ0v) is 18.0. The number of nitrogens with one attached hydrogen (secondary N) is 1. The summed E-state index contributed by atoms with van der Waals surface area (Å²) in [5.74, 6) is 1.77. The second-order valence-electron chi connectivity index (χ2n) is 8.19. The predicted octanol–water partition coefficient (Wildman–Crippen LogP) is 6.57. The van der Waals surface area contributed by atoms with Crippen molar-refractivity contribution < 1.29 is 14.3 Å². The number of rotatable bonds is 7. The highest BCUT2D eigenvalue weighted by Gasteiger charge is 2.21. The van der Waals surface area contributed by atoms with Crippen molar-refractivity contribution >= 4 is 11.6 Å².